The van der Waals surface area contributed by atoms with E-state index in [1.165, 1.54) is 0 Å². The molecule has 112 valence electrons. The van der Waals surface area contributed by atoms with E-state index in [-0.39, 0.29) is 6.03 Å². The Morgan fingerprint density at radius 2 is 1.64 bits per heavy atom. The second kappa shape index (κ2) is 8.06. The Hall–Kier alpha value is -2.51. The van der Waals surface area contributed by atoms with Gasteiger partial charge in [0.05, 0.1) is 11.6 Å². The summed E-state index contributed by atoms with van der Waals surface area (Å²) in [5, 5.41) is 14.3. The minimum atomic E-state index is -0.240. The molecule has 22 heavy (non-hydrogen) atoms. The van der Waals surface area contributed by atoms with E-state index in [0.717, 1.165) is 23.2 Å². The molecule has 2 aromatic carbocycles. The van der Waals surface area contributed by atoms with Crippen molar-refractivity contribution >= 4 is 23.3 Å². The molecule has 0 heterocycles. The van der Waals surface area contributed by atoms with Gasteiger partial charge < -0.3 is 10.6 Å². The Balaban J connectivity index is 1.97. The molecule has 0 aliphatic rings. The smallest absolute Gasteiger partial charge is 0.319 e. The number of alkyl halides is 1. The minimum Gasteiger partial charge on any atom is -0.338 e. The van der Waals surface area contributed by atoms with Crippen molar-refractivity contribution in [2.24, 2.45) is 0 Å². The van der Waals surface area contributed by atoms with Gasteiger partial charge in [-0.05, 0) is 41.8 Å². The summed E-state index contributed by atoms with van der Waals surface area (Å²) >= 11 is 5.55. The third-order valence-corrected chi connectivity index (χ3v) is 3.35. The maximum absolute atomic E-state index is 11.6. The van der Waals surface area contributed by atoms with Crippen molar-refractivity contribution in [3.05, 3.63) is 54.1 Å². The molecular weight excluding hydrogens is 298 g/mol. The first-order chi connectivity index (χ1) is 10.7. The number of nitrogens with one attached hydrogen (secondary N) is 2. The number of amides is 2. The number of halogens is 1. The summed E-state index contributed by atoms with van der Waals surface area (Å²) in [6, 6.07) is 16.8. The van der Waals surface area contributed by atoms with Crippen molar-refractivity contribution in [1.82, 2.24) is 5.32 Å². The zero-order valence-electron chi connectivity index (χ0n) is 12.0. The van der Waals surface area contributed by atoms with Gasteiger partial charge in [-0.3, -0.25) is 0 Å². The summed E-state index contributed by atoms with van der Waals surface area (Å²) in [6.45, 7) is 0.554. The Kier molecular flexibility index (Phi) is 5.81. The van der Waals surface area contributed by atoms with E-state index in [0.29, 0.717) is 18.0 Å². The van der Waals surface area contributed by atoms with Crippen LogP contribution in [0.2, 0.25) is 0 Å². The van der Waals surface area contributed by atoms with Crippen LogP contribution in [0, 0.1) is 11.3 Å². The lowest BCUT2D eigenvalue weighted by Crippen LogP contribution is -2.29. The molecule has 2 amide bonds. The number of nitrogens with zero attached hydrogens (tertiary/aromatic N) is 1. The molecule has 0 unspecified atom stereocenters. The zero-order valence-corrected chi connectivity index (χ0v) is 12.7. The highest BCUT2D eigenvalue weighted by Gasteiger charge is 2.02. The van der Waals surface area contributed by atoms with Crippen molar-refractivity contribution in [1.29, 1.82) is 5.26 Å². The average molecular weight is 314 g/mol. The van der Waals surface area contributed by atoms with Crippen LogP contribution in [0.4, 0.5) is 10.5 Å². The molecule has 0 saturated heterocycles. The molecular formula is C17H16ClN3O. The third-order valence-electron chi connectivity index (χ3n) is 3.09. The standard InChI is InChI=1S/C17H16ClN3O/c18-10-1-11-20-17(22)21-16-8-6-15(7-9-16)14-4-2-13(12-19)3-5-14/h2-9H,1,10-11H2,(H2,20,21,22). The van der Waals surface area contributed by atoms with Crippen LogP contribution >= 0.6 is 11.6 Å². The van der Waals surface area contributed by atoms with Crippen LogP contribution in [-0.4, -0.2) is 18.5 Å². The van der Waals surface area contributed by atoms with Crippen LogP contribution < -0.4 is 10.6 Å². The van der Waals surface area contributed by atoms with Crippen LogP contribution in [0.15, 0.2) is 48.5 Å². The van der Waals surface area contributed by atoms with E-state index in [4.69, 9.17) is 16.9 Å². The van der Waals surface area contributed by atoms with Crippen molar-refractivity contribution in [3.8, 4) is 17.2 Å². The number of rotatable bonds is 5. The fourth-order valence-electron chi connectivity index (χ4n) is 1.93. The van der Waals surface area contributed by atoms with Crippen molar-refractivity contribution < 1.29 is 4.79 Å². The highest BCUT2D eigenvalue weighted by Crippen LogP contribution is 2.21. The van der Waals surface area contributed by atoms with Crippen LogP contribution in [0.25, 0.3) is 11.1 Å². The Morgan fingerprint density at radius 1 is 1.05 bits per heavy atom. The van der Waals surface area contributed by atoms with Gasteiger partial charge >= 0.3 is 6.03 Å². The number of anilines is 1. The predicted molar refractivity (Wildman–Crippen MR) is 89.0 cm³/mol. The SMILES string of the molecule is N#Cc1ccc(-c2ccc(NC(=O)NCCCCl)cc2)cc1. The fourth-order valence-corrected chi connectivity index (χ4v) is 2.06. The van der Waals surface area contributed by atoms with Gasteiger partial charge in [0, 0.05) is 18.1 Å². The van der Waals surface area contributed by atoms with Crippen LogP contribution in [-0.2, 0) is 0 Å². The summed E-state index contributed by atoms with van der Waals surface area (Å²) in [6.07, 6.45) is 0.743. The van der Waals surface area contributed by atoms with E-state index in [1.807, 2.05) is 36.4 Å². The Labute approximate surface area is 134 Å². The van der Waals surface area contributed by atoms with E-state index in [9.17, 15) is 4.79 Å². The van der Waals surface area contributed by atoms with Crippen molar-refractivity contribution in [2.75, 3.05) is 17.7 Å². The van der Waals surface area contributed by atoms with E-state index in [1.54, 1.807) is 12.1 Å². The molecule has 2 N–H and O–H groups in total. The summed E-state index contributed by atoms with van der Waals surface area (Å²) in [5.41, 5.74) is 3.41. The molecule has 0 saturated carbocycles. The number of hydrogen-bond acceptors (Lipinski definition) is 2. The number of carbonyl (C=O) groups is 1. The van der Waals surface area contributed by atoms with Crippen LogP contribution in [0.1, 0.15) is 12.0 Å². The zero-order chi connectivity index (χ0) is 15.8. The van der Waals surface area contributed by atoms with Crippen molar-refractivity contribution in [3.63, 3.8) is 0 Å². The number of hydrogen-bond donors (Lipinski definition) is 2. The lowest BCUT2D eigenvalue weighted by atomic mass is 10.0. The van der Waals surface area contributed by atoms with E-state index >= 15 is 0 Å². The Morgan fingerprint density at radius 3 is 2.18 bits per heavy atom. The van der Waals surface area contributed by atoms with Gasteiger partial charge in [-0.15, -0.1) is 11.6 Å². The first-order valence-electron chi connectivity index (χ1n) is 6.94. The highest BCUT2D eigenvalue weighted by atomic mass is 35.5. The lowest BCUT2D eigenvalue weighted by Gasteiger charge is -2.08. The molecule has 2 rings (SSSR count). The lowest BCUT2D eigenvalue weighted by molar-refractivity contribution is 0.252. The molecule has 0 bridgehead atoms. The Bertz CT molecular complexity index is 660. The molecule has 0 fully saturated rings. The average Bonchev–Trinajstić information content (AvgIpc) is 2.56. The van der Waals surface area contributed by atoms with Gasteiger partial charge in [0.1, 0.15) is 0 Å². The molecule has 5 heteroatoms. The maximum atomic E-state index is 11.6. The minimum absolute atomic E-state index is 0.240. The quantitative estimate of drug-likeness (QED) is 0.648. The van der Waals surface area contributed by atoms with Gasteiger partial charge in [-0.1, -0.05) is 24.3 Å². The molecule has 0 aliphatic carbocycles. The van der Waals surface area contributed by atoms with Crippen LogP contribution in [0.3, 0.4) is 0 Å². The number of benzene rings is 2. The first kappa shape index (κ1) is 15.9. The van der Waals surface area contributed by atoms with Gasteiger partial charge in [-0.2, -0.15) is 5.26 Å². The molecule has 0 spiro atoms. The van der Waals surface area contributed by atoms with E-state index < -0.39 is 0 Å². The fraction of sp³-hybridized carbons (Fsp3) is 0.176. The predicted octanol–water partition coefficient (Wildman–Crippen LogP) is 3.98. The molecule has 0 aliphatic heterocycles. The second-order valence-corrected chi connectivity index (χ2v) is 5.07. The number of carbonyl (C=O) groups excluding carboxylic acids is 1. The summed E-state index contributed by atoms with van der Waals surface area (Å²) < 4.78 is 0. The van der Waals surface area contributed by atoms with Gasteiger partial charge in [-0.25, -0.2) is 4.79 Å². The molecule has 0 aromatic heterocycles. The van der Waals surface area contributed by atoms with Gasteiger partial charge in [0.25, 0.3) is 0 Å². The van der Waals surface area contributed by atoms with Crippen LogP contribution in [0.5, 0.6) is 0 Å². The number of nitriles is 1. The summed E-state index contributed by atoms with van der Waals surface area (Å²) in [5.74, 6) is 0.527. The van der Waals surface area contributed by atoms with Gasteiger partial charge in [0.2, 0.25) is 0 Å². The highest BCUT2D eigenvalue weighted by molar-refractivity contribution is 6.17. The normalized spacial score (nSPS) is 9.82. The third kappa shape index (κ3) is 4.51. The maximum Gasteiger partial charge on any atom is 0.319 e. The number of urea groups is 1. The molecule has 0 atom stereocenters. The molecule has 2 aromatic rings. The second-order valence-electron chi connectivity index (χ2n) is 4.69. The monoisotopic (exact) mass is 313 g/mol. The first-order valence-corrected chi connectivity index (χ1v) is 7.48. The topological polar surface area (TPSA) is 64.9 Å². The summed E-state index contributed by atoms with van der Waals surface area (Å²) in [7, 11) is 0. The molecule has 0 radical (unpaired) electrons. The molecule has 4 nitrogen and oxygen atoms in total. The largest absolute Gasteiger partial charge is 0.338 e. The summed E-state index contributed by atoms with van der Waals surface area (Å²) in [4.78, 5) is 11.6. The van der Waals surface area contributed by atoms with E-state index in [2.05, 4.69) is 16.7 Å². The van der Waals surface area contributed by atoms with Gasteiger partial charge in [0.15, 0.2) is 0 Å². The van der Waals surface area contributed by atoms with Crippen molar-refractivity contribution in [2.45, 2.75) is 6.42 Å².